The van der Waals surface area contributed by atoms with Crippen LogP contribution < -0.4 is 44.5 Å². The molecule has 0 saturated carbocycles. The number of alkyl carbamates (subject to hydrolysis) is 1. The molecule has 0 spiro atoms. The minimum absolute atomic E-state index is 0.00371. The number of ether oxygens (including phenoxy) is 1. The number of hydrogen-bond donors (Lipinski definition) is 7. The molecule has 278 valence electrons. The first-order chi connectivity index (χ1) is 24.9. The average Bonchev–Trinajstić information content (AvgIpc) is 3.60. The van der Waals surface area contributed by atoms with Crippen molar-refractivity contribution in [2.45, 2.75) is 70.2 Å². The summed E-state index contributed by atoms with van der Waals surface area (Å²) in [6, 6.07) is 12.4. The van der Waals surface area contributed by atoms with E-state index in [-0.39, 0.29) is 51.0 Å². The Morgan fingerprint density at radius 1 is 0.923 bits per heavy atom. The number of rotatable bonds is 16. The van der Waals surface area contributed by atoms with E-state index in [2.05, 4.69) is 25.9 Å². The molecule has 3 atom stereocenters. The summed E-state index contributed by atoms with van der Waals surface area (Å²) in [5.41, 5.74) is 23.4. The van der Waals surface area contributed by atoms with Crippen LogP contribution in [0.5, 0.6) is 0 Å². The summed E-state index contributed by atoms with van der Waals surface area (Å²) >= 11 is 0. The van der Waals surface area contributed by atoms with Crippen LogP contribution in [0.25, 0.3) is 11.0 Å². The highest BCUT2D eigenvalue weighted by Crippen LogP contribution is 2.23. The second-order valence-electron chi connectivity index (χ2n) is 12.4. The van der Waals surface area contributed by atoms with Crippen molar-refractivity contribution < 1.29 is 28.3 Å². The van der Waals surface area contributed by atoms with E-state index in [9.17, 15) is 24.0 Å². The van der Waals surface area contributed by atoms with Crippen molar-refractivity contribution in [1.29, 1.82) is 0 Å². The van der Waals surface area contributed by atoms with Gasteiger partial charge in [0.2, 0.25) is 17.7 Å². The summed E-state index contributed by atoms with van der Waals surface area (Å²) in [7, 11) is 0. The van der Waals surface area contributed by atoms with Gasteiger partial charge < -0.3 is 52.9 Å². The Morgan fingerprint density at radius 3 is 2.27 bits per heavy atom. The van der Waals surface area contributed by atoms with Gasteiger partial charge in [0.1, 0.15) is 30.3 Å². The van der Waals surface area contributed by atoms with Crippen LogP contribution in [-0.2, 0) is 25.7 Å². The molecule has 2 heterocycles. The van der Waals surface area contributed by atoms with E-state index < -0.39 is 47.6 Å². The summed E-state index contributed by atoms with van der Waals surface area (Å²) in [5, 5.41) is 8.93. The second kappa shape index (κ2) is 18.7. The van der Waals surface area contributed by atoms with E-state index in [1.54, 1.807) is 31.2 Å². The van der Waals surface area contributed by atoms with Gasteiger partial charge >= 0.3 is 11.7 Å². The maximum absolute atomic E-state index is 13.9. The van der Waals surface area contributed by atoms with Crippen LogP contribution >= 0.6 is 0 Å². The van der Waals surface area contributed by atoms with Gasteiger partial charge in [-0.2, -0.15) is 0 Å². The van der Waals surface area contributed by atoms with Crippen LogP contribution in [-0.4, -0.2) is 78.4 Å². The number of nitrogens with one attached hydrogen (secondary N) is 3. The molecule has 1 fully saturated rings. The van der Waals surface area contributed by atoms with Crippen molar-refractivity contribution in [3.63, 3.8) is 0 Å². The number of likely N-dealkylation sites (tertiary alicyclic amines) is 1. The molecule has 17 nitrogen and oxygen atoms in total. The summed E-state index contributed by atoms with van der Waals surface area (Å²) in [5.74, 6) is -1.78. The van der Waals surface area contributed by atoms with Crippen LogP contribution in [0.3, 0.4) is 0 Å². The Kier molecular flexibility index (Phi) is 13.9. The maximum atomic E-state index is 13.9. The van der Waals surface area contributed by atoms with E-state index in [1.165, 1.54) is 17.0 Å². The number of carbonyl (C=O) groups is 4. The van der Waals surface area contributed by atoms with E-state index in [0.29, 0.717) is 42.3 Å². The predicted octanol–water partition coefficient (Wildman–Crippen LogP) is 0.918. The number of nitrogens with zero attached hydrogens (tertiary/aromatic N) is 3. The highest BCUT2D eigenvalue weighted by molar-refractivity contribution is 6.00. The SMILES string of the molecule is Cc1cc(=O)oc2cc(NC(=O)[C@H](CCCN=C(N)N)NC(=O)[C@@H]3CCCN3C(=O)[C@@H](CCCN=C(N)N)NC(=O)OCc3ccccc3)ccc12. The quantitative estimate of drug-likeness (QED) is 0.0473. The lowest BCUT2D eigenvalue weighted by Gasteiger charge is -2.29. The van der Waals surface area contributed by atoms with Gasteiger partial charge in [0, 0.05) is 42.8 Å². The van der Waals surface area contributed by atoms with Crippen LogP contribution in [0.4, 0.5) is 10.5 Å². The molecule has 1 aliphatic heterocycles. The van der Waals surface area contributed by atoms with Gasteiger partial charge in [0.25, 0.3) is 0 Å². The van der Waals surface area contributed by atoms with Crippen molar-refractivity contribution in [2.75, 3.05) is 25.0 Å². The molecule has 3 aromatic rings. The molecule has 0 radical (unpaired) electrons. The first-order valence-corrected chi connectivity index (χ1v) is 17.0. The Morgan fingerprint density at radius 2 is 1.60 bits per heavy atom. The Bertz CT molecular complexity index is 1840. The molecular formula is C35H46N10O7. The lowest BCUT2D eigenvalue weighted by Crippen LogP contribution is -2.55. The van der Waals surface area contributed by atoms with Crippen molar-refractivity contribution in [3.8, 4) is 0 Å². The second-order valence-corrected chi connectivity index (χ2v) is 12.4. The first kappa shape index (κ1) is 38.7. The fraction of sp³-hybridized carbons (Fsp3) is 0.400. The van der Waals surface area contributed by atoms with Gasteiger partial charge in [0.15, 0.2) is 11.9 Å². The lowest BCUT2D eigenvalue weighted by atomic mass is 10.1. The molecule has 52 heavy (non-hydrogen) atoms. The number of carbonyl (C=O) groups excluding carboxylic acids is 4. The van der Waals surface area contributed by atoms with Crippen molar-refractivity contribution in [2.24, 2.45) is 32.9 Å². The molecule has 1 saturated heterocycles. The van der Waals surface area contributed by atoms with Gasteiger partial charge in [-0.25, -0.2) is 9.59 Å². The molecule has 11 N–H and O–H groups in total. The third kappa shape index (κ3) is 11.5. The first-order valence-electron chi connectivity index (χ1n) is 17.0. The number of fused-ring (bicyclic) bond motifs is 1. The highest BCUT2D eigenvalue weighted by Gasteiger charge is 2.39. The third-order valence-corrected chi connectivity index (χ3v) is 8.38. The number of benzene rings is 2. The topological polar surface area (TPSA) is 276 Å². The Hall–Kier alpha value is -6.13. The summed E-state index contributed by atoms with van der Waals surface area (Å²) in [6.07, 6.45) is 1.09. The number of aliphatic imine (C=N–C) groups is 2. The molecule has 0 unspecified atom stereocenters. The van der Waals surface area contributed by atoms with Crippen LogP contribution in [0, 0.1) is 6.92 Å². The Labute approximate surface area is 300 Å². The van der Waals surface area contributed by atoms with Crippen LogP contribution in [0.15, 0.2) is 73.8 Å². The zero-order valence-electron chi connectivity index (χ0n) is 29.0. The van der Waals surface area contributed by atoms with Gasteiger partial charge in [-0.3, -0.25) is 24.4 Å². The number of amides is 4. The Balaban J connectivity index is 1.47. The summed E-state index contributed by atoms with van der Waals surface area (Å²) in [4.78, 5) is 75.4. The maximum Gasteiger partial charge on any atom is 0.408 e. The van der Waals surface area contributed by atoms with E-state index in [4.69, 9.17) is 32.1 Å². The fourth-order valence-corrected chi connectivity index (χ4v) is 5.84. The summed E-state index contributed by atoms with van der Waals surface area (Å²) < 4.78 is 10.7. The van der Waals surface area contributed by atoms with E-state index >= 15 is 0 Å². The normalized spacial score (nSPS) is 14.9. The van der Waals surface area contributed by atoms with Gasteiger partial charge in [-0.05, 0) is 68.7 Å². The lowest BCUT2D eigenvalue weighted by molar-refractivity contribution is -0.140. The molecule has 1 aromatic heterocycles. The van der Waals surface area contributed by atoms with Crippen molar-refractivity contribution >= 4 is 52.4 Å². The molecule has 1 aliphatic rings. The van der Waals surface area contributed by atoms with Crippen molar-refractivity contribution in [1.82, 2.24) is 15.5 Å². The zero-order valence-corrected chi connectivity index (χ0v) is 29.0. The minimum atomic E-state index is -1.04. The number of aryl methyl sites for hydroxylation is 1. The number of guanidine groups is 2. The predicted molar refractivity (Wildman–Crippen MR) is 196 cm³/mol. The fourth-order valence-electron chi connectivity index (χ4n) is 5.84. The molecule has 17 heteroatoms. The zero-order chi connectivity index (χ0) is 37.6. The number of nitrogens with two attached hydrogens (primary N) is 4. The monoisotopic (exact) mass is 718 g/mol. The van der Waals surface area contributed by atoms with Crippen molar-refractivity contribution in [3.05, 3.63) is 76.1 Å². The highest BCUT2D eigenvalue weighted by atomic mass is 16.5. The largest absolute Gasteiger partial charge is 0.445 e. The van der Waals surface area contributed by atoms with Crippen LogP contribution in [0.2, 0.25) is 0 Å². The molecule has 2 aromatic carbocycles. The average molecular weight is 719 g/mol. The summed E-state index contributed by atoms with van der Waals surface area (Å²) in [6.45, 7) is 2.46. The molecule has 4 rings (SSSR count). The van der Waals surface area contributed by atoms with Gasteiger partial charge in [0.05, 0.1) is 0 Å². The van der Waals surface area contributed by atoms with E-state index in [1.807, 2.05) is 18.2 Å². The number of anilines is 1. The molecule has 4 amide bonds. The van der Waals surface area contributed by atoms with E-state index in [0.717, 1.165) is 11.1 Å². The molecular weight excluding hydrogens is 672 g/mol. The minimum Gasteiger partial charge on any atom is -0.445 e. The smallest absolute Gasteiger partial charge is 0.408 e. The van der Waals surface area contributed by atoms with Gasteiger partial charge in [-0.1, -0.05) is 30.3 Å². The third-order valence-electron chi connectivity index (χ3n) is 8.38. The number of hydrogen-bond acceptors (Lipinski definition) is 9. The standard InChI is InChI=1S/C35H46N10O7/c1-21-18-29(46)52-28-19-23(13-14-24(21)28)42-30(47)25(10-5-15-40-33(36)37)43-31(48)27-12-7-17-45(27)32(49)26(11-6-16-41-34(38)39)44-35(50)51-20-22-8-3-2-4-9-22/h2-4,8-9,13-14,18-19,25-27H,5-7,10-12,15-17,20H2,1H3,(H,42,47)(H,43,48)(H,44,50)(H4,36,37,40)(H4,38,39,41)/t25-,26+,27-/m0/s1. The molecule has 0 bridgehead atoms. The molecule has 0 aliphatic carbocycles. The van der Waals surface area contributed by atoms with Crippen LogP contribution in [0.1, 0.15) is 49.7 Å². The van der Waals surface area contributed by atoms with Gasteiger partial charge in [-0.15, -0.1) is 0 Å².